The van der Waals surface area contributed by atoms with Gasteiger partial charge in [-0.1, -0.05) is 81.4 Å². The number of carbonyl (C=O) groups is 2. The third-order valence-corrected chi connectivity index (χ3v) is 10.6. The minimum absolute atomic E-state index is 0.0668. The highest BCUT2D eigenvalue weighted by Gasteiger charge is 2.50. The lowest BCUT2D eigenvalue weighted by Gasteiger charge is -2.44. The van der Waals surface area contributed by atoms with Crippen molar-refractivity contribution in [2.24, 2.45) is 0 Å². The Kier molecular flexibility index (Phi) is 6.83. The predicted molar refractivity (Wildman–Crippen MR) is 119 cm³/mol. The van der Waals surface area contributed by atoms with Crippen LogP contribution in [0.25, 0.3) is 0 Å². The van der Waals surface area contributed by atoms with Crippen LogP contribution in [0.4, 0.5) is 4.79 Å². The number of morpholine rings is 1. The summed E-state index contributed by atoms with van der Waals surface area (Å²) in [5.74, 6) is -1.18. The number of benzene rings is 2. The van der Waals surface area contributed by atoms with E-state index in [1.165, 1.54) is 0 Å². The zero-order chi connectivity index (χ0) is 22.6. The van der Waals surface area contributed by atoms with E-state index in [4.69, 9.17) is 9.16 Å². The van der Waals surface area contributed by atoms with Gasteiger partial charge in [-0.3, -0.25) is 0 Å². The van der Waals surface area contributed by atoms with E-state index in [0.717, 1.165) is 15.3 Å². The summed E-state index contributed by atoms with van der Waals surface area (Å²) in [6.07, 6.45) is -3.05. The Morgan fingerprint density at radius 3 is 1.94 bits per heavy atom. The lowest BCUT2D eigenvalue weighted by Crippen LogP contribution is -2.67. The first-order valence-corrected chi connectivity index (χ1v) is 12.2. The van der Waals surface area contributed by atoms with E-state index in [0.29, 0.717) is 0 Å². The Bertz CT molecular complexity index is 838. The second-order valence-corrected chi connectivity index (χ2v) is 13.1. The van der Waals surface area contributed by atoms with Gasteiger partial charge in [0.05, 0.1) is 25.8 Å². The zero-order valence-electron chi connectivity index (χ0n) is 18.0. The van der Waals surface area contributed by atoms with Crippen LogP contribution in [0.15, 0.2) is 60.7 Å². The lowest BCUT2D eigenvalue weighted by molar-refractivity contribution is -0.164. The van der Waals surface area contributed by atoms with Crippen molar-refractivity contribution >= 4 is 30.8 Å². The molecule has 1 amide bonds. The number of hydrogen-bond donors (Lipinski definition) is 2. The molecular weight excluding hydrogens is 414 g/mol. The van der Waals surface area contributed by atoms with Gasteiger partial charge in [0, 0.05) is 0 Å². The minimum atomic E-state index is -2.83. The topological polar surface area (TPSA) is 96.3 Å². The standard InChI is InChI=1S/C23H29NO6Si/c1-23(2,3)31(18-10-6-4-7-11-18,19-12-8-5-9-13-19)29-16-17-14-24(22(27)28)15-20(30-17)21(25)26/h4-13,17,20H,14-16H2,1-3H3,(H,25,26)(H,27,28)/t17-,20?/m0/s1. The first-order valence-electron chi connectivity index (χ1n) is 10.3. The molecule has 1 unspecified atom stereocenters. The highest BCUT2D eigenvalue weighted by Crippen LogP contribution is 2.37. The van der Waals surface area contributed by atoms with Crippen LogP contribution in [-0.2, 0) is 14.0 Å². The lowest BCUT2D eigenvalue weighted by atomic mass is 10.2. The number of carboxylic acid groups (broad SMARTS) is 2. The van der Waals surface area contributed by atoms with Gasteiger partial charge in [0.25, 0.3) is 8.32 Å². The summed E-state index contributed by atoms with van der Waals surface area (Å²) in [5.41, 5.74) is 0. The maximum Gasteiger partial charge on any atom is 0.407 e. The fourth-order valence-electron chi connectivity index (χ4n) is 4.20. The molecule has 1 aliphatic rings. The fraction of sp³-hybridized carbons (Fsp3) is 0.391. The summed E-state index contributed by atoms with van der Waals surface area (Å²) in [4.78, 5) is 24.1. The summed E-state index contributed by atoms with van der Waals surface area (Å²) >= 11 is 0. The highest BCUT2D eigenvalue weighted by atomic mass is 28.4. The van der Waals surface area contributed by atoms with Gasteiger partial charge < -0.3 is 24.3 Å². The Labute approximate surface area is 183 Å². The quantitative estimate of drug-likeness (QED) is 0.666. The van der Waals surface area contributed by atoms with E-state index in [9.17, 15) is 19.8 Å². The van der Waals surface area contributed by atoms with Crippen molar-refractivity contribution in [2.45, 2.75) is 38.0 Å². The van der Waals surface area contributed by atoms with Crippen LogP contribution in [0.3, 0.4) is 0 Å². The van der Waals surface area contributed by atoms with Gasteiger partial charge in [-0.2, -0.15) is 0 Å². The first kappa shape index (κ1) is 23.0. The molecule has 1 saturated heterocycles. The van der Waals surface area contributed by atoms with Crippen molar-refractivity contribution in [1.29, 1.82) is 0 Å². The number of aliphatic carboxylic acids is 1. The molecule has 0 aromatic heterocycles. The summed E-state index contributed by atoms with van der Waals surface area (Å²) in [6.45, 7) is 6.40. The van der Waals surface area contributed by atoms with Crippen molar-refractivity contribution in [2.75, 3.05) is 19.7 Å². The minimum Gasteiger partial charge on any atom is -0.479 e. The second-order valence-electron chi connectivity index (χ2n) is 8.75. The monoisotopic (exact) mass is 443 g/mol. The van der Waals surface area contributed by atoms with E-state index in [1.54, 1.807) is 0 Å². The average Bonchev–Trinajstić information content (AvgIpc) is 2.74. The fourth-order valence-corrected chi connectivity index (χ4v) is 8.79. The molecule has 2 aromatic carbocycles. The summed E-state index contributed by atoms with van der Waals surface area (Å²) < 4.78 is 12.5. The van der Waals surface area contributed by atoms with Crippen molar-refractivity contribution in [3.63, 3.8) is 0 Å². The Hall–Kier alpha value is -2.68. The number of rotatable bonds is 6. The molecule has 2 atom stereocenters. The molecule has 8 heteroatoms. The smallest absolute Gasteiger partial charge is 0.407 e. The van der Waals surface area contributed by atoms with Crippen LogP contribution in [0.1, 0.15) is 20.8 Å². The number of ether oxygens (including phenoxy) is 1. The van der Waals surface area contributed by atoms with Crippen LogP contribution in [0, 0.1) is 0 Å². The van der Waals surface area contributed by atoms with Crippen molar-refractivity contribution in [3.8, 4) is 0 Å². The Morgan fingerprint density at radius 2 is 1.52 bits per heavy atom. The van der Waals surface area contributed by atoms with Crippen molar-refractivity contribution < 1.29 is 29.0 Å². The van der Waals surface area contributed by atoms with Crippen molar-refractivity contribution in [3.05, 3.63) is 60.7 Å². The van der Waals surface area contributed by atoms with Gasteiger partial charge in [0.2, 0.25) is 0 Å². The predicted octanol–water partition coefficient (Wildman–Crippen LogP) is 2.40. The van der Waals surface area contributed by atoms with Gasteiger partial charge in [-0.15, -0.1) is 0 Å². The molecule has 1 fully saturated rings. The molecule has 2 N–H and O–H groups in total. The molecule has 0 bridgehead atoms. The molecule has 2 aromatic rings. The Balaban J connectivity index is 1.98. The van der Waals surface area contributed by atoms with Crippen LogP contribution in [0.2, 0.25) is 5.04 Å². The van der Waals surface area contributed by atoms with Crippen LogP contribution in [-0.4, -0.2) is 67.4 Å². The highest BCUT2D eigenvalue weighted by molar-refractivity contribution is 6.99. The summed E-state index contributed by atoms with van der Waals surface area (Å²) in [5, 5.41) is 20.7. The van der Waals surface area contributed by atoms with Crippen LogP contribution in [0.5, 0.6) is 0 Å². The molecule has 1 heterocycles. The number of hydrogen-bond acceptors (Lipinski definition) is 4. The summed E-state index contributed by atoms with van der Waals surface area (Å²) in [7, 11) is -2.83. The Morgan fingerprint density at radius 1 is 1.00 bits per heavy atom. The van der Waals surface area contributed by atoms with E-state index in [2.05, 4.69) is 45.0 Å². The van der Waals surface area contributed by atoms with Gasteiger partial charge in [0.15, 0.2) is 6.10 Å². The van der Waals surface area contributed by atoms with Gasteiger partial charge in [-0.25, -0.2) is 9.59 Å². The summed E-state index contributed by atoms with van der Waals surface area (Å²) in [6, 6.07) is 20.1. The van der Waals surface area contributed by atoms with Gasteiger partial charge in [0.1, 0.15) is 0 Å². The van der Waals surface area contributed by atoms with E-state index in [1.807, 2.05) is 36.4 Å². The normalized spacial score (nSPS) is 19.8. The number of nitrogens with zero attached hydrogens (tertiary/aromatic N) is 1. The third kappa shape index (κ3) is 4.81. The van der Waals surface area contributed by atoms with Gasteiger partial charge in [-0.05, 0) is 15.4 Å². The van der Waals surface area contributed by atoms with Crippen LogP contribution >= 0.6 is 0 Å². The zero-order valence-corrected chi connectivity index (χ0v) is 19.0. The molecule has 0 radical (unpaired) electrons. The van der Waals surface area contributed by atoms with E-state index < -0.39 is 32.6 Å². The molecule has 3 rings (SSSR count). The maximum absolute atomic E-state index is 11.5. The van der Waals surface area contributed by atoms with Gasteiger partial charge >= 0.3 is 12.1 Å². The maximum atomic E-state index is 11.5. The number of carboxylic acids is 1. The van der Waals surface area contributed by atoms with E-state index >= 15 is 0 Å². The first-order chi connectivity index (χ1) is 14.6. The molecule has 7 nitrogen and oxygen atoms in total. The molecule has 166 valence electrons. The SMILES string of the molecule is CC(C)(C)[Si](OC[C@@H]1CN(C(=O)O)CC(C(=O)O)O1)(c1ccccc1)c1ccccc1. The molecule has 31 heavy (non-hydrogen) atoms. The average molecular weight is 444 g/mol. The third-order valence-electron chi connectivity index (χ3n) is 5.62. The van der Waals surface area contributed by atoms with Crippen LogP contribution < -0.4 is 10.4 Å². The molecule has 0 saturated carbocycles. The number of amides is 1. The van der Waals surface area contributed by atoms with E-state index in [-0.39, 0.29) is 24.7 Å². The molecular formula is C23H29NO6Si. The molecule has 0 aliphatic carbocycles. The molecule has 1 aliphatic heterocycles. The second kappa shape index (κ2) is 9.21. The molecule has 0 spiro atoms. The van der Waals surface area contributed by atoms with Crippen molar-refractivity contribution in [1.82, 2.24) is 4.90 Å². The largest absolute Gasteiger partial charge is 0.479 e.